The zero-order valence-electron chi connectivity index (χ0n) is 10.3. The number of ether oxygens (including phenoxy) is 2. The van der Waals surface area contributed by atoms with Gasteiger partial charge in [-0.15, -0.1) is 0 Å². The fourth-order valence-electron chi connectivity index (χ4n) is 2.15. The maximum absolute atomic E-state index is 12.4. The molecule has 1 fully saturated rings. The van der Waals surface area contributed by atoms with Crippen LogP contribution < -0.4 is 14.8 Å². The van der Waals surface area contributed by atoms with Crippen molar-refractivity contribution in [2.75, 3.05) is 33.4 Å². The van der Waals surface area contributed by atoms with Crippen molar-refractivity contribution < 1.29 is 14.3 Å². The maximum atomic E-state index is 12.4. The van der Waals surface area contributed by atoms with E-state index < -0.39 is 0 Å². The van der Waals surface area contributed by atoms with Crippen molar-refractivity contribution in [3.05, 3.63) is 23.8 Å². The topological polar surface area (TPSA) is 50.8 Å². The number of likely N-dealkylation sites (N-methyl/N-ethyl adjacent to an activating group) is 1. The zero-order valence-corrected chi connectivity index (χ0v) is 10.3. The molecule has 2 aliphatic rings. The lowest BCUT2D eigenvalue weighted by atomic mass is 10.1. The Morgan fingerprint density at radius 2 is 2.11 bits per heavy atom. The number of rotatable bonds is 2. The summed E-state index contributed by atoms with van der Waals surface area (Å²) in [5.74, 6) is 1.23. The fourth-order valence-corrected chi connectivity index (χ4v) is 2.15. The quantitative estimate of drug-likeness (QED) is 0.828. The van der Waals surface area contributed by atoms with Crippen molar-refractivity contribution in [2.24, 2.45) is 0 Å². The molecule has 0 saturated carbocycles. The van der Waals surface area contributed by atoms with Crippen LogP contribution >= 0.6 is 0 Å². The van der Waals surface area contributed by atoms with E-state index in [1.165, 1.54) is 0 Å². The smallest absolute Gasteiger partial charge is 0.257 e. The maximum Gasteiger partial charge on any atom is 0.257 e. The standard InChI is InChI=1S/C13H16N2O3/c1-15(9-7-14-8-9)13(16)10-3-2-4-11-12(10)18-6-5-17-11/h2-4,9,14H,5-8H2,1H3. The highest BCUT2D eigenvalue weighted by molar-refractivity contribution is 5.98. The third-order valence-electron chi connectivity index (χ3n) is 3.42. The molecular formula is C13H16N2O3. The predicted molar refractivity (Wildman–Crippen MR) is 66.2 cm³/mol. The van der Waals surface area contributed by atoms with Gasteiger partial charge in [-0.2, -0.15) is 0 Å². The van der Waals surface area contributed by atoms with Crippen LogP contribution in [0, 0.1) is 0 Å². The van der Waals surface area contributed by atoms with E-state index >= 15 is 0 Å². The summed E-state index contributed by atoms with van der Waals surface area (Å²) >= 11 is 0. The SMILES string of the molecule is CN(C(=O)c1cccc2c1OCCO2)C1CNC1. The van der Waals surface area contributed by atoms with Gasteiger partial charge in [0, 0.05) is 20.1 Å². The van der Waals surface area contributed by atoms with Crippen LogP contribution in [0.25, 0.3) is 0 Å². The molecule has 1 saturated heterocycles. The minimum atomic E-state index is -0.0103. The predicted octanol–water partition coefficient (Wildman–Crippen LogP) is 0.502. The van der Waals surface area contributed by atoms with E-state index in [0.717, 1.165) is 13.1 Å². The van der Waals surface area contributed by atoms with Gasteiger partial charge in [-0.3, -0.25) is 4.79 Å². The van der Waals surface area contributed by atoms with Gasteiger partial charge in [-0.1, -0.05) is 6.07 Å². The number of para-hydroxylation sites is 1. The molecule has 0 aromatic heterocycles. The van der Waals surface area contributed by atoms with Gasteiger partial charge in [-0.25, -0.2) is 0 Å². The molecule has 3 rings (SSSR count). The van der Waals surface area contributed by atoms with E-state index in [4.69, 9.17) is 9.47 Å². The van der Waals surface area contributed by atoms with Crippen LogP contribution in [-0.2, 0) is 0 Å². The summed E-state index contributed by atoms with van der Waals surface area (Å²) in [5, 5.41) is 3.16. The van der Waals surface area contributed by atoms with Crippen LogP contribution in [0.3, 0.4) is 0 Å². The van der Waals surface area contributed by atoms with Crippen LogP contribution in [0.4, 0.5) is 0 Å². The fraction of sp³-hybridized carbons (Fsp3) is 0.462. The Kier molecular flexibility index (Phi) is 2.83. The molecule has 2 heterocycles. The van der Waals surface area contributed by atoms with Crippen LogP contribution in [0.15, 0.2) is 18.2 Å². The van der Waals surface area contributed by atoms with Crippen LogP contribution in [-0.4, -0.2) is 50.2 Å². The summed E-state index contributed by atoms with van der Waals surface area (Å²) in [6, 6.07) is 5.72. The average Bonchev–Trinajstić information content (AvgIpc) is 2.35. The highest BCUT2D eigenvalue weighted by atomic mass is 16.6. The first-order valence-corrected chi connectivity index (χ1v) is 6.14. The first-order chi connectivity index (χ1) is 8.77. The van der Waals surface area contributed by atoms with Crippen LogP contribution in [0.5, 0.6) is 11.5 Å². The third kappa shape index (κ3) is 1.80. The van der Waals surface area contributed by atoms with Crippen molar-refractivity contribution >= 4 is 5.91 Å². The number of hydrogen-bond donors (Lipinski definition) is 1. The molecule has 0 unspecified atom stereocenters. The van der Waals surface area contributed by atoms with E-state index in [1.807, 2.05) is 19.2 Å². The van der Waals surface area contributed by atoms with Crippen LogP contribution in [0.1, 0.15) is 10.4 Å². The van der Waals surface area contributed by atoms with E-state index in [1.54, 1.807) is 11.0 Å². The molecule has 96 valence electrons. The largest absolute Gasteiger partial charge is 0.486 e. The van der Waals surface area contributed by atoms with Crippen LogP contribution in [0.2, 0.25) is 0 Å². The summed E-state index contributed by atoms with van der Waals surface area (Å²) in [7, 11) is 1.83. The van der Waals surface area contributed by atoms with Gasteiger partial charge >= 0.3 is 0 Å². The molecule has 0 spiro atoms. The minimum absolute atomic E-state index is 0.0103. The van der Waals surface area contributed by atoms with Gasteiger partial charge < -0.3 is 19.7 Å². The molecular weight excluding hydrogens is 232 g/mol. The van der Waals surface area contributed by atoms with Gasteiger partial charge in [-0.05, 0) is 12.1 Å². The van der Waals surface area contributed by atoms with Crippen molar-refractivity contribution in [3.8, 4) is 11.5 Å². The zero-order chi connectivity index (χ0) is 12.5. The molecule has 1 aromatic rings. The molecule has 0 bridgehead atoms. The molecule has 0 atom stereocenters. The number of benzene rings is 1. The first kappa shape index (κ1) is 11.3. The number of fused-ring (bicyclic) bond motifs is 1. The Labute approximate surface area is 106 Å². The lowest BCUT2D eigenvalue weighted by molar-refractivity contribution is 0.0671. The second-order valence-corrected chi connectivity index (χ2v) is 4.56. The molecule has 5 heteroatoms. The Hall–Kier alpha value is -1.75. The number of nitrogens with one attached hydrogen (secondary N) is 1. The molecule has 2 aliphatic heterocycles. The molecule has 18 heavy (non-hydrogen) atoms. The Morgan fingerprint density at radius 3 is 2.83 bits per heavy atom. The number of hydrogen-bond acceptors (Lipinski definition) is 4. The van der Waals surface area contributed by atoms with Gasteiger partial charge in [0.05, 0.1) is 11.6 Å². The van der Waals surface area contributed by atoms with E-state index in [2.05, 4.69) is 5.32 Å². The Morgan fingerprint density at radius 1 is 1.33 bits per heavy atom. The summed E-state index contributed by atoms with van der Waals surface area (Å²) in [6.07, 6.45) is 0. The summed E-state index contributed by atoms with van der Waals surface area (Å²) < 4.78 is 11.1. The highest BCUT2D eigenvalue weighted by Gasteiger charge is 2.29. The van der Waals surface area contributed by atoms with Crippen molar-refractivity contribution in [2.45, 2.75) is 6.04 Å². The summed E-state index contributed by atoms with van der Waals surface area (Å²) in [5.41, 5.74) is 0.585. The lowest BCUT2D eigenvalue weighted by Crippen LogP contribution is -2.57. The molecule has 0 aliphatic carbocycles. The second-order valence-electron chi connectivity index (χ2n) is 4.56. The monoisotopic (exact) mass is 248 g/mol. The van der Waals surface area contributed by atoms with Crippen molar-refractivity contribution in [1.82, 2.24) is 10.2 Å². The number of carbonyl (C=O) groups is 1. The lowest BCUT2D eigenvalue weighted by Gasteiger charge is -2.36. The second kappa shape index (κ2) is 4.49. The van der Waals surface area contributed by atoms with E-state index in [9.17, 15) is 4.79 Å². The molecule has 0 radical (unpaired) electrons. The highest BCUT2D eigenvalue weighted by Crippen LogP contribution is 2.34. The minimum Gasteiger partial charge on any atom is -0.486 e. The normalized spacial score (nSPS) is 18.1. The van der Waals surface area contributed by atoms with Gasteiger partial charge in [0.15, 0.2) is 11.5 Å². The molecule has 1 aromatic carbocycles. The number of amides is 1. The van der Waals surface area contributed by atoms with Gasteiger partial charge in [0.1, 0.15) is 13.2 Å². The van der Waals surface area contributed by atoms with Crippen molar-refractivity contribution in [3.63, 3.8) is 0 Å². The third-order valence-corrected chi connectivity index (χ3v) is 3.42. The summed E-state index contributed by atoms with van der Waals surface area (Å²) in [6.45, 7) is 2.74. The average molecular weight is 248 g/mol. The molecule has 1 N–H and O–H groups in total. The molecule has 5 nitrogen and oxygen atoms in total. The van der Waals surface area contributed by atoms with Crippen molar-refractivity contribution in [1.29, 1.82) is 0 Å². The Bertz CT molecular complexity index is 471. The Balaban J connectivity index is 1.89. The number of carbonyl (C=O) groups excluding carboxylic acids is 1. The van der Waals surface area contributed by atoms with Gasteiger partial charge in [0.2, 0.25) is 0 Å². The first-order valence-electron chi connectivity index (χ1n) is 6.14. The summed E-state index contributed by atoms with van der Waals surface area (Å²) in [4.78, 5) is 14.2. The van der Waals surface area contributed by atoms with E-state index in [0.29, 0.717) is 30.3 Å². The van der Waals surface area contributed by atoms with E-state index in [-0.39, 0.29) is 11.9 Å². The molecule has 1 amide bonds. The number of nitrogens with zero attached hydrogens (tertiary/aromatic N) is 1. The van der Waals surface area contributed by atoms with Gasteiger partial charge in [0.25, 0.3) is 5.91 Å².